The number of anilines is 1. The number of carbonyl (C=O) groups excluding carboxylic acids is 2. The van der Waals surface area contributed by atoms with E-state index in [-0.39, 0.29) is 0 Å². The number of imide groups is 1. The van der Waals surface area contributed by atoms with Crippen LogP contribution in [0.3, 0.4) is 0 Å². The van der Waals surface area contributed by atoms with Crippen LogP contribution in [-0.2, 0) is 9.47 Å². The number of benzene rings is 1. The van der Waals surface area contributed by atoms with Gasteiger partial charge in [-0.05, 0) is 98.3 Å². The number of carbonyl (C=O) groups is 2. The fraction of sp³-hybridized carbons (Fsp3) is 0.444. The summed E-state index contributed by atoms with van der Waals surface area (Å²) in [7, 11) is 0. The third-order valence-electron chi connectivity index (χ3n) is 3.08. The quantitative estimate of drug-likeness (QED) is 0.440. The molecule has 1 aromatic carbocycles. The van der Waals surface area contributed by atoms with Gasteiger partial charge in [0.25, 0.3) is 0 Å². The first kappa shape index (κ1) is 21.0. The van der Waals surface area contributed by atoms with Crippen LogP contribution in [0, 0.1) is 3.70 Å². The molecule has 0 saturated carbocycles. The minimum absolute atomic E-state index is 0.358. The van der Waals surface area contributed by atoms with Gasteiger partial charge in [-0.3, -0.25) is 0 Å². The van der Waals surface area contributed by atoms with Crippen LogP contribution in [0.5, 0.6) is 0 Å². The lowest BCUT2D eigenvalue weighted by molar-refractivity contribution is 0.0430. The number of fused-ring (bicyclic) bond motifs is 1. The summed E-state index contributed by atoms with van der Waals surface area (Å²) in [5.41, 5.74) is -0.260. The lowest BCUT2D eigenvalue weighted by atomic mass is 10.2. The molecule has 1 heterocycles. The first-order valence-electron chi connectivity index (χ1n) is 8.01. The third-order valence-corrected chi connectivity index (χ3v) is 4.49. The van der Waals surface area contributed by atoms with Crippen molar-refractivity contribution < 1.29 is 19.1 Å². The molecule has 0 bridgehead atoms. The Morgan fingerprint density at radius 3 is 2.00 bits per heavy atom. The molecule has 6 nitrogen and oxygen atoms in total. The highest BCUT2D eigenvalue weighted by molar-refractivity contribution is 14.1. The van der Waals surface area contributed by atoms with E-state index in [2.05, 4.69) is 43.5 Å². The first-order valence-corrected chi connectivity index (χ1v) is 9.88. The number of nitrogens with zero attached hydrogens (tertiary/aromatic N) is 1. The Morgan fingerprint density at radius 1 is 1.04 bits per heavy atom. The van der Waals surface area contributed by atoms with E-state index in [0.717, 1.165) is 19.5 Å². The average Bonchev–Trinajstić information content (AvgIpc) is 2.79. The van der Waals surface area contributed by atoms with Gasteiger partial charge in [0.05, 0.1) is 13.9 Å². The molecule has 26 heavy (non-hydrogen) atoms. The van der Waals surface area contributed by atoms with E-state index in [4.69, 9.17) is 9.47 Å². The minimum Gasteiger partial charge on any atom is -0.443 e. The van der Waals surface area contributed by atoms with Gasteiger partial charge in [0, 0.05) is 10.9 Å². The molecule has 2 amide bonds. The summed E-state index contributed by atoms with van der Waals surface area (Å²) in [6.07, 6.45) is -1.59. The maximum Gasteiger partial charge on any atom is 0.424 e. The average molecular weight is 537 g/mol. The Balaban J connectivity index is 2.54. The molecule has 0 fully saturated rings. The molecule has 1 aromatic heterocycles. The minimum atomic E-state index is -0.794. The number of H-pyrrole nitrogens is 1. The Morgan fingerprint density at radius 2 is 1.54 bits per heavy atom. The highest BCUT2D eigenvalue weighted by Crippen LogP contribution is 2.36. The summed E-state index contributed by atoms with van der Waals surface area (Å²) in [5, 5.41) is 0.851. The van der Waals surface area contributed by atoms with Crippen molar-refractivity contribution in [3.05, 3.63) is 26.4 Å². The zero-order chi connectivity index (χ0) is 19.9. The van der Waals surface area contributed by atoms with Gasteiger partial charge in [-0.2, -0.15) is 4.90 Å². The van der Waals surface area contributed by atoms with Gasteiger partial charge in [0.2, 0.25) is 0 Å². The summed E-state index contributed by atoms with van der Waals surface area (Å²) in [5.74, 6) is 0. The monoisotopic (exact) mass is 536 g/mol. The fourth-order valence-electron chi connectivity index (χ4n) is 2.18. The molecule has 0 atom stereocenters. The molecule has 2 aromatic rings. The number of hydrogen-bond donors (Lipinski definition) is 1. The molecule has 0 unspecified atom stereocenters. The van der Waals surface area contributed by atoms with Crippen LogP contribution in [0.25, 0.3) is 10.9 Å². The Bertz CT molecular complexity index is 821. The smallest absolute Gasteiger partial charge is 0.424 e. The third kappa shape index (κ3) is 5.12. The predicted molar refractivity (Wildman–Crippen MR) is 114 cm³/mol. The molecule has 0 spiro atoms. The largest absolute Gasteiger partial charge is 0.443 e. The molecule has 0 aliphatic rings. The second-order valence-electron chi connectivity index (χ2n) is 7.77. The van der Waals surface area contributed by atoms with E-state index in [9.17, 15) is 9.59 Å². The van der Waals surface area contributed by atoms with Gasteiger partial charge in [-0.15, -0.1) is 0 Å². The van der Waals surface area contributed by atoms with E-state index in [1.165, 1.54) is 0 Å². The first-order chi connectivity index (χ1) is 11.8. The number of aromatic amines is 1. The van der Waals surface area contributed by atoms with E-state index < -0.39 is 23.4 Å². The molecule has 0 aliphatic heterocycles. The lowest BCUT2D eigenvalue weighted by Gasteiger charge is -2.29. The maximum atomic E-state index is 12.8. The Kier molecular flexibility index (Phi) is 5.96. The van der Waals surface area contributed by atoms with Crippen LogP contribution in [0.1, 0.15) is 41.5 Å². The van der Waals surface area contributed by atoms with Crippen molar-refractivity contribution in [2.24, 2.45) is 0 Å². The fourth-order valence-corrected chi connectivity index (χ4v) is 3.42. The van der Waals surface area contributed by atoms with Gasteiger partial charge in [0.15, 0.2) is 0 Å². The van der Waals surface area contributed by atoms with Gasteiger partial charge in [-0.25, -0.2) is 9.59 Å². The lowest BCUT2D eigenvalue weighted by Crippen LogP contribution is -2.44. The highest BCUT2D eigenvalue weighted by Gasteiger charge is 2.34. The summed E-state index contributed by atoms with van der Waals surface area (Å²) in [6.45, 7) is 10.4. The number of hydrogen-bond acceptors (Lipinski definition) is 4. The van der Waals surface area contributed by atoms with Crippen LogP contribution in [-0.4, -0.2) is 28.4 Å². The van der Waals surface area contributed by atoms with E-state index in [0.29, 0.717) is 10.2 Å². The summed E-state index contributed by atoms with van der Waals surface area (Å²) >= 11 is 5.68. The molecular formula is C18H22BrIN2O4. The standard InChI is InChI=1S/C18H22BrIN2O4/c1-17(2,3)25-15(23)22(16(24)26-18(4,5)6)12-8-7-11-10(14(12)19)9-13(20)21-11/h7-9,21H,1-6H3. The van der Waals surface area contributed by atoms with Crippen LogP contribution in [0.2, 0.25) is 0 Å². The molecule has 1 N–H and O–H groups in total. The molecule has 8 heteroatoms. The Hall–Kier alpha value is -1.29. The molecule has 0 saturated heterocycles. The van der Waals surface area contributed by atoms with Crippen molar-refractivity contribution in [2.75, 3.05) is 4.90 Å². The summed E-state index contributed by atoms with van der Waals surface area (Å²) < 4.78 is 12.4. The second kappa shape index (κ2) is 7.38. The molecular weight excluding hydrogens is 515 g/mol. The Labute approximate surface area is 174 Å². The normalized spacial score (nSPS) is 12.2. The van der Waals surface area contributed by atoms with Crippen molar-refractivity contribution >= 4 is 67.3 Å². The SMILES string of the molecule is CC(C)(C)OC(=O)N(C(=O)OC(C)(C)C)c1ccc2[nH]c(I)cc2c1Br. The number of amides is 2. The number of ether oxygens (including phenoxy) is 2. The number of nitrogens with one attached hydrogen (secondary N) is 1. The van der Waals surface area contributed by atoms with E-state index >= 15 is 0 Å². The molecule has 0 radical (unpaired) electrons. The molecule has 0 aliphatic carbocycles. The number of aromatic nitrogens is 1. The molecule has 2 rings (SSSR count). The summed E-state index contributed by atoms with van der Waals surface area (Å²) in [6, 6.07) is 5.40. The van der Waals surface area contributed by atoms with Gasteiger partial charge in [-0.1, -0.05) is 0 Å². The maximum absolute atomic E-state index is 12.8. The van der Waals surface area contributed by atoms with Crippen molar-refractivity contribution in [3.8, 4) is 0 Å². The van der Waals surface area contributed by atoms with Crippen molar-refractivity contribution in [3.63, 3.8) is 0 Å². The van der Waals surface area contributed by atoms with E-state index in [1.54, 1.807) is 53.7 Å². The van der Waals surface area contributed by atoms with Crippen LogP contribution >= 0.6 is 38.5 Å². The zero-order valence-corrected chi connectivity index (χ0v) is 19.3. The second-order valence-corrected chi connectivity index (χ2v) is 9.73. The van der Waals surface area contributed by atoms with Crippen molar-refractivity contribution in [2.45, 2.75) is 52.7 Å². The number of halogens is 2. The van der Waals surface area contributed by atoms with Gasteiger partial charge >= 0.3 is 12.2 Å². The van der Waals surface area contributed by atoms with Gasteiger partial charge < -0.3 is 14.5 Å². The molecule has 142 valence electrons. The zero-order valence-electron chi connectivity index (χ0n) is 15.6. The highest BCUT2D eigenvalue weighted by atomic mass is 127. The summed E-state index contributed by atoms with van der Waals surface area (Å²) in [4.78, 5) is 29.6. The van der Waals surface area contributed by atoms with Crippen LogP contribution in [0.4, 0.5) is 15.3 Å². The topological polar surface area (TPSA) is 71.6 Å². The van der Waals surface area contributed by atoms with Gasteiger partial charge in [0.1, 0.15) is 11.2 Å². The van der Waals surface area contributed by atoms with Crippen molar-refractivity contribution in [1.29, 1.82) is 0 Å². The predicted octanol–water partition coefficient (Wildman–Crippen LogP) is 6.21. The van der Waals surface area contributed by atoms with Crippen LogP contribution < -0.4 is 4.90 Å². The van der Waals surface area contributed by atoms with Crippen molar-refractivity contribution in [1.82, 2.24) is 4.98 Å². The number of rotatable bonds is 1. The van der Waals surface area contributed by atoms with Crippen LogP contribution in [0.15, 0.2) is 22.7 Å². The van der Waals surface area contributed by atoms with E-state index in [1.807, 2.05) is 6.07 Å².